The van der Waals surface area contributed by atoms with Crippen LogP contribution in [-0.2, 0) is 10.4 Å². The maximum absolute atomic E-state index is 14.5. The molecule has 0 unspecified atom stereocenters. The monoisotopic (exact) mass is 583 g/mol. The number of amides is 1. The topological polar surface area (TPSA) is 116 Å². The SMILES string of the molecule is C=CC(=O)Nc1cc(Nc2ncnc(-c3cc(F)c(Cl)cc3C(C)(C)O)n2)c(OC)cc1N1CCC[C@@H]1CN(C)C. The molecule has 0 aliphatic carbocycles. The van der Waals surface area contributed by atoms with Crippen LogP contribution in [0.2, 0.25) is 5.02 Å². The van der Waals surface area contributed by atoms with Gasteiger partial charge < -0.3 is 30.3 Å². The Morgan fingerprint density at radius 3 is 2.71 bits per heavy atom. The fraction of sp³-hybridized carbons (Fsp3) is 0.379. The van der Waals surface area contributed by atoms with Crippen LogP contribution in [0.4, 0.5) is 27.4 Å². The number of carbonyl (C=O) groups excluding carboxylic acids is 1. The summed E-state index contributed by atoms with van der Waals surface area (Å²) in [5.74, 6) is -0.236. The van der Waals surface area contributed by atoms with E-state index in [1.165, 1.54) is 24.5 Å². The predicted molar refractivity (Wildman–Crippen MR) is 160 cm³/mol. The summed E-state index contributed by atoms with van der Waals surface area (Å²) in [7, 11) is 5.63. The second-order valence-corrected chi connectivity index (χ2v) is 11.1. The first-order valence-corrected chi connectivity index (χ1v) is 13.5. The van der Waals surface area contributed by atoms with Crippen LogP contribution in [-0.4, -0.2) is 71.2 Å². The highest BCUT2D eigenvalue weighted by Gasteiger charge is 2.29. The summed E-state index contributed by atoms with van der Waals surface area (Å²) in [5.41, 5.74) is 1.17. The zero-order chi connectivity index (χ0) is 29.9. The summed E-state index contributed by atoms with van der Waals surface area (Å²) in [6.07, 6.45) is 4.55. The van der Waals surface area contributed by atoms with Crippen LogP contribution in [0.25, 0.3) is 11.4 Å². The number of rotatable bonds is 10. The van der Waals surface area contributed by atoms with Gasteiger partial charge in [-0.3, -0.25) is 4.79 Å². The molecule has 10 nitrogen and oxygen atoms in total. The predicted octanol–water partition coefficient (Wildman–Crippen LogP) is 4.97. The lowest BCUT2D eigenvalue weighted by Crippen LogP contribution is -2.38. The van der Waals surface area contributed by atoms with Gasteiger partial charge in [-0.2, -0.15) is 4.98 Å². The summed E-state index contributed by atoms with van der Waals surface area (Å²) in [6, 6.07) is 6.45. The molecule has 1 aliphatic heterocycles. The second kappa shape index (κ2) is 12.4. The van der Waals surface area contributed by atoms with Crippen molar-refractivity contribution in [3.8, 4) is 17.1 Å². The van der Waals surface area contributed by atoms with Crippen LogP contribution in [0.3, 0.4) is 0 Å². The van der Waals surface area contributed by atoms with Gasteiger partial charge in [-0.05, 0) is 70.6 Å². The first-order valence-electron chi connectivity index (χ1n) is 13.2. The number of hydrogen-bond acceptors (Lipinski definition) is 9. The zero-order valence-corrected chi connectivity index (χ0v) is 24.6. The minimum atomic E-state index is -1.34. The van der Waals surface area contributed by atoms with Crippen LogP contribution in [0.5, 0.6) is 5.75 Å². The molecule has 0 bridgehead atoms. The number of halogens is 2. The van der Waals surface area contributed by atoms with E-state index in [-0.39, 0.29) is 34.3 Å². The molecule has 1 saturated heterocycles. The molecule has 0 spiro atoms. The summed E-state index contributed by atoms with van der Waals surface area (Å²) >= 11 is 6.00. The Morgan fingerprint density at radius 1 is 1.29 bits per heavy atom. The van der Waals surface area contributed by atoms with E-state index in [0.29, 0.717) is 22.7 Å². The number of carbonyl (C=O) groups is 1. The van der Waals surface area contributed by atoms with Crippen molar-refractivity contribution in [2.24, 2.45) is 0 Å². The van der Waals surface area contributed by atoms with Gasteiger partial charge in [0, 0.05) is 30.8 Å². The Morgan fingerprint density at radius 2 is 2.05 bits per heavy atom. The molecule has 0 radical (unpaired) electrons. The largest absolute Gasteiger partial charge is 0.494 e. The Balaban J connectivity index is 1.76. The van der Waals surface area contributed by atoms with E-state index >= 15 is 0 Å². The molecule has 0 saturated carbocycles. The lowest BCUT2D eigenvalue weighted by molar-refractivity contribution is -0.111. The molecule has 218 valence electrons. The van der Waals surface area contributed by atoms with E-state index in [2.05, 4.69) is 42.0 Å². The average Bonchev–Trinajstić information content (AvgIpc) is 3.36. The molecular weight excluding hydrogens is 549 g/mol. The van der Waals surface area contributed by atoms with Gasteiger partial charge in [0.05, 0.1) is 34.8 Å². The Labute approximate surface area is 244 Å². The zero-order valence-electron chi connectivity index (χ0n) is 23.8. The molecule has 1 atom stereocenters. The molecule has 1 aliphatic rings. The number of ether oxygens (including phenoxy) is 1. The number of methoxy groups -OCH3 is 1. The number of likely N-dealkylation sites (N-methyl/N-ethyl adjacent to an activating group) is 1. The quantitative estimate of drug-likeness (QED) is 0.285. The molecule has 4 rings (SSSR count). The van der Waals surface area contributed by atoms with Crippen molar-refractivity contribution in [1.29, 1.82) is 0 Å². The van der Waals surface area contributed by atoms with Gasteiger partial charge in [0.25, 0.3) is 0 Å². The number of nitrogens with one attached hydrogen (secondary N) is 2. The minimum absolute atomic E-state index is 0.122. The number of aromatic nitrogens is 3. The number of nitrogens with zero attached hydrogens (tertiary/aromatic N) is 5. The third-order valence-corrected chi connectivity index (χ3v) is 7.09. The third kappa shape index (κ3) is 6.92. The first kappa shape index (κ1) is 30.2. The first-order chi connectivity index (χ1) is 19.4. The van der Waals surface area contributed by atoms with E-state index in [9.17, 15) is 14.3 Å². The molecule has 2 aromatic carbocycles. The molecule has 41 heavy (non-hydrogen) atoms. The normalized spacial score (nSPS) is 15.2. The van der Waals surface area contributed by atoms with Gasteiger partial charge in [-0.1, -0.05) is 18.2 Å². The Kier molecular flexibility index (Phi) is 9.11. The highest BCUT2D eigenvalue weighted by atomic mass is 35.5. The highest BCUT2D eigenvalue weighted by Crippen LogP contribution is 2.41. The van der Waals surface area contributed by atoms with Gasteiger partial charge in [0.15, 0.2) is 5.82 Å². The van der Waals surface area contributed by atoms with E-state index in [1.54, 1.807) is 27.0 Å². The molecule has 2 heterocycles. The van der Waals surface area contributed by atoms with Crippen molar-refractivity contribution in [2.75, 3.05) is 49.8 Å². The maximum atomic E-state index is 14.5. The number of hydrogen-bond donors (Lipinski definition) is 3. The van der Waals surface area contributed by atoms with E-state index in [0.717, 1.165) is 31.6 Å². The highest BCUT2D eigenvalue weighted by molar-refractivity contribution is 6.30. The van der Waals surface area contributed by atoms with Crippen LogP contribution >= 0.6 is 11.6 Å². The van der Waals surface area contributed by atoms with Crippen molar-refractivity contribution in [2.45, 2.75) is 38.3 Å². The number of aliphatic hydroxyl groups is 1. The lowest BCUT2D eigenvalue weighted by atomic mass is 9.92. The van der Waals surface area contributed by atoms with Crippen LogP contribution < -0.4 is 20.3 Å². The Hall–Kier alpha value is -3.80. The van der Waals surface area contributed by atoms with E-state index in [1.807, 2.05) is 20.2 Å². The van der Waals surface area contributed by atoms with Gasteiger partial charge in [0.2, 0.25) is 11.9 Å². The Bertz CT molecular complexity index is 1440. The van der Waals surface area contributed by atoms with Crippen molar-refractivity contribution in [3.63, 3.8) is 0 Å². The molecule has 12 heteroatoms. The van der Waals surface area contributed by atoms with Crippen molar-refractivity contribution in [3.05, 3.63) is 59.7 Å². The van der Waals surface area contributed by atoms with Gasteiger partial charge >= 0.3 is 0 Å². The number of anilines is 4. The maximum Gasteiger partial charge on any atom is 0.247 e. The lowest BCUT2D eigenvalue weighted by Gasteiger charge is -2.31. The molecule has 1 aromatic heterocycles. The summed E-state index contributed by atoms with van der Waals surface area (Å²) in [4.78, 5) is 29.7. The standard InChI is InChI=1S/C29H35ClFN7O3/c1-7-26(39)34-22-13-23(25(41-6)14-24(22)38-10-8-9-17(38)15-37(4)5)35-28-33-16-32-27(36-28)18-11-21(31)20(30)12-19(18)29(2,3)40/h7,11-14,16-17,40H,1,8-10,15H2,2-6H3,(H,34,39)(H,32,33,35,36)/t17-/m1/s1. The van der Waals surface area contributed by atoms with Crippen LogP contribution in [0, 0.1) is 5.82 Å². The van der Waals surface area contributed by atoms with Crippen LogP contribution in [0.1, 0.15) is 32.3 Å². The second-order valence-electron chi connectivity index (χ2n) is 10.6. The summed E-state index contributed by atoms with van der Waals surface area (Å²) in [5, 5.41) is 16.6. The molecule has 3 N–H and O–H groups in total. The molecular formula is C29H35ClFN7O3. The van der Waals surface area contributed by atoms with Crippen molar-refractivity contribution < 1.29 is 19.0 Å². The fourth-order valence-electron chi connectivity index (χ4n) is 4.97. The minimum Gasteiger partial charge on any atom is -0.494 e. The van der Waals surface area contributed by atoms with Crippen molar-refractivity contribution in [1.82, 2.24) is 19.9 Å². The summed E-state index contributed by atoms with van der Waals surface area (Å²) in [6.45, 7) is 8.41. The van der Waals surface area contributed by atoms with Crippen molar-refractivity contribution >= 4 is 40.5 Å². The average molecular weight is 584 g/mol. The van der Waals surface area contributed by atoms with Gasteiger partial charge in [0.1, 0.15) is 17.9 Å². The van der Waals surface area contributed by atoms with E-state index < -0.39 is 11.4 Å². The smallest absolute Gasteiger partial charge is 0.247 e. The fourth-order valence-corrected chi connectivity index (χ4v) is 5.13. The van der Waals surface area contributed by atoms with E-state index in [4.69, 9.17) is 16.3 Å². The summed E-state index contributed by atoms with van der Waals surface area (Å²) < 4.78 is 20.2. The van der Waals surface area contributed by atoms with Gasteiger partial charge in [-0.15, -0.1) is 0 Å². The molecule has 3 aromatic rings. The molecule has 1 amide bonds. The third-order valence-electron chi connectivity index (χ3n) is 6.80. The number of benzene rings is 2. The van der Waals surface area contributed by atoms with Gasteiger partial charge in [-0.25, -0.2) is 14.4 Å². The van der Waals surface area contributed by atoms with Crippen LogP contribution in [0.15, 0.2) is 43.2 Å². The molecule has 1 fully saturated rings.